The maximum Gasteiger partial charge on any atom is 0.347 e. The Hall–Kier alpha value is -2.03. The highest BCUT2D eigenvalue weighted by atomic mass is 16.6. The van der Waals surface area contributed by atoms with E-state index in [0.29, 0.717) is 18.8 Å². The van der Waals surface area contributed by atoms with Crippen LogP contribution in [0.5, 0.6) is 5.75 Å². The highest BCUT2D eigenvalue weighted by Gasteiger charge is 2.19. The zero-order chi connectivity index (χ0) is 13.7. The fourth-order valence-corrected chi connectivity index (χ4v) is 1.94. The second-order valence-corrected chi connectivity index (χ2v) is 4.28. The largest absolute Gasteiger partial charge is 0.479 e. The second kappa shape index (κ2) is 6.23. The van der Waals surface area contributed by atoms with Gasteiger partial charge in [-0.2, -0.15) is 0 Å². The number of hydrogen-bond acceptors (Lipinski definition) is 3. The molecule has 19 heavy (non-hydrogen) atoms. The van der Waals surface area contributed by atoms with Gasteiger partial charge in [0.25, 0.3) is 0 Å². The van der Waals surface area contributed by atoms with Crippen LogP contribution in [0, 0.1) is 0 Å². The molecule has 0 aliphatic rings. The number of rotatable bonds is 5. The van der Waals surface area contributed by atoms with Crippen molar-refractivity contribution in [3.8, 4) is 5.75 Å². The molecule has 0 aliphatic carbocycles. The van der Waals surface area contributed by atoms with Gasteiger partial charge in [0.2, 0.25) is 0 Å². The normalized spacial score (nSPS) is 12.1. The lowest BCUT2D eigenvalue weighted by Crippen LogP contribution is -2.28. The molecule has 3 nitrogen and oxygen atoms in total. The van der Waals surface area contributed by atoms with Gasteiger partial charge in [-0.25, -0.2) is 4.79 Å². The molecule has 100 valence electrons. The molecule has 3 heteroatoms. The van der Waals surface area contributed by atoms with Crippen molar-refractivity contribution in [1.82, 2.24) is 0 Å². The molecule has 2 aromatic carbocycles. The van der Waals surface area contributed by atoms with Gasteiger partial charge < -0.3 is 9.47 Å². The molecule has 0 aromatic heterocycles. The summed E-state index contributed by atoms with van der Waals surface area (Å²) >= 11 is 0. The topological polar surface area (TPSA) is 35.5 Å². The Morgan fingerprint density at radius 1 is 1.11 bits per heavy atom. The first-order chi connectivity index (χ1) is 9.24. The summed E-state index contributed by atoms with van der Waals surface area (Å²) < 4.78 is 10.7. The van der Waals surface area contributed by atoms with Crippen molar-refractivity contribution >= 4 is 16.7 Å². The third-order valence-corrected chi connectivity index (χ3v) is 2.92. The molecular formula is C16H18O3. The van der Waals surface area contributed by atoms with Crippen molar-refractivity contribution < 1.29 is 14.3 Å². The second-order valence-electron chi connectivity index (χ2n) is 4.28. The standard InChI is InChI=1S/C16H18O3/c1-3-15(16(17)18-4-2)19-14-10-9-12-7-5-6-8-13(12)11-14/h5-11,15H,3-4H2,1-2H3. The van der Waals surface area contributed by atoms with Gasteiger partial charge in [-0.15, -0.1) is 0 Å². The summed E-state index contributed by atoms with van der Waals surface area (Å²) in [6, 6.07) is 13.9. The van der Waals surface area contributed by atoms with Crippen LogP contribution in [0.15, 0.2) is 42.5 Å². The number of hydrogen-bond donors (Lipinski definition) is 0. The first kappa shape index (κ1) is 13.4. The lowest BCUT2D eigenvalue weighted by molar-refractivity contribution is -0.151. The van der Waals surface area contributed by atoms with Gasteiger partial charge in [-0.1, -0.05) is 37.3 Å². The van der Waals surface area contributed by atoms with Crippen molar-refractivity contribution in [3.05, 3.63) is 42.5 Å². The predicted octanol–water partition coefficient (Wildman–Crippen LogP) is 3.56. The van der Waals surface area contributed by atoms with E-state index >= 15 is 0 Å². The zero-order valence-electron chi connectivity index (χ0n) is 11.3. The van der Waals surface area contributed by atoms with Gasteiger partial charge in [0, 0.05) is 0 Å². The molecule has 2 aromatic rings. The Morgan fingerprint density at radius 2 is 1.84 bits per heavy atom. The zero-order valence-corrected chi connectivity index (χ0v) is 11.3. The van der Waals surface area contributed by atoms with Crippen LogP contribution in [-0.4, -0.2) is 18.7 Å². The van der Waals surface area contributed by atoms with E-state index in [1.165, 1.54) is 0 Å². The van der Waals surface area contributed by atoms with Crippen LogP contribution < -0.4 is 4.74 Å². The van der Waals surface area contributed by atoms with Crippen molar-refractivity contribution in [1.29, 1.82) is 0 Å². The average Bonchev–Trinajstić information content (AvgIpc) is 2.44. The minimum absolute atomic E-state index is 0.307. The van der Waals surface area contributed by atoms with Crippen LogP contribution in [0.3, 0.4) is 0 Å². The van der Waals surface area contributed by atoms with E-state index in [-0.39, 0.29) is 5.97 Å². The molecule has 0 radical (unpaired) electrons. The van der Waals surface area contributed by atoms with Gasteiger partial charge in [-0.05, 0) is 36.2 Å². The maximum atomic E-state index is 11.7. The molecule has 0 spiro atoms. The molecule has 1 unspecified atom stereocenters. The van der Waals surface area contributed by atoms with Crippen LogP contribution in [0.1, 0.15) is 20.3 Å². The van der Waals surface area contributed by atoms with Gasteiger partial charge in [0.1, 0.15) is 5.75 Å². The van der Waals surface area contributed by atoms with Gasteiger partial charge >= 0.3 is 5.97 Å². The summed E-state index contributed by atoms with van der Waals surface area (Å²) in [6.07, 6.45) is 0.0483. The summed E-state index contributed by atoms with van der Waals surface area (Å²) in [5.74, 6) is 0.386. The summed E-state index contributed by atoms with van der Waals surface area (Å²) in [6.45, 7) is 4.07. The average molecular weight is 258 g/mol. The summed E-state index contributed by atoms with van der Waals surface area (Å²) in [4.78, 5) is 11.7. The molecule has 2 rings (SSSR count). The number of ether oxygens (including phenoxy) is 2. The molecule has 0 aliphatic heterocycles. The van der Waals surface area contributed by atoms with E-state index in [2.05, 4.69) is 0 Å². The lowest BCUT2D eigenvalue weighted by atomic mass is 10.1. The molecule has 0 saturated heterocycles. The molecule has 0 heterocycles. The number of carbonyl (C=O) groups excluding carboxylic acids is 1. The van der Waals surface area contributed by atoms with Crippen LogP contribution >= 0.6 is 0 Å². The van der Waals surface area contributed by atoms with E-state index in [0.717, 1.165) is 10.8 Å². The summed E-state index contributed by atoms with van der Waals surface area (Å²) in [5.41, 5.74) is 0. The fraction of sp³-hybridized carbons (Fsp3) is 0.312. The van der Waals surface area contributed by atoms with Crippen LogP contribution in [0.4, 0.5) is 0 Å². The first-order valence-corrected chi connectivity index (χ1v) is 6.56. The maximum absolute atomic E-state index is 11.7. The van der Waals surface area contributed by atoms with Crippen molar-refractivity contribution in [2.24, 2.45) is 0 Å². The molecule has 0 amide bonds. The van der Waals surface area contributed by atoms with Crippen LogP contribution in [-0.2, 0) is 9.53 Å². The highest BCUT2D eigenvalue weighted by molar-refractivity contribution is 5.84. The van der Waals surface area contributed by atoms with E-state index in [9.17, 15) is 4.79 Å². The third-order valence-electron chi connectivity index (χ3n) is 2.92. The molecule has 0 fully saturated rings. The minimum atomic E-state index is -0.541. The predicted molar refractivity (Wildman–Crippen MR) is 75.3 cm³/mol. The Kier molecular flexibility index (Phi) is 4.39. The number of benzene rings is 2. The molecule has 0 saturated carbocycles. The smallest absolute Gasteiger partial charge is 0.347 e. The third kappa shape index (κ3) is 3.25. The Morgan fingerprint density at radius 3 is 2.53 bits per heavy atom. The van der Waals surface area contributed by atoms with Crippen molar-refractivity contribution in [3.63, 3.8) is 0 Å². The Balaban J connectivity index is 2.17. The summed E-state index contributed by atoms with van der Waals surface area (Å²) in [5, 5.41) is 2.25. The van der Waals surface area contributed by atoms with Crippen LogP contribution in [0.25, 0.3) is 10.8 Å². The van der Waals surface area contributed by atoms with E-state index in [1.54, 1.807) is 6.92 Å². The monoisotopic (exact) mass is 258 g/mol. The molecule has 0 bridgehead atoms. The van der Waals surface area contributed by atoms with Crippen molar-refractivity contribution in [2.75, 3.05) is 6.61 Å². The lowest BCUT2D eigenvalue weighted by Gasteiger charge is -2.16. The minimum Gasteiger partial charge on any atom is -0.479 e. The number of fused-ring (bicyclic) bond motifs is 1. The molecule has 1 atom stereocenters. The highest BCUT2D eigenvalue weighted by Crippen LogP contribution is 2.22. The molecular weight excluding hydrogens is 240 g/mol. The van der Waals surface area contributed by atoms with E-state index < -0.39 is 6.10 Å². The number of esters is 1. The molecule has 0 N–H and O–H groups in total. The van der Waals surface area contributed by atoms with E-state index in [4.69, 9.17) is 9.47 Å². The Bertz CT molecular complexity index is 563. The van der Waals surface area contributed by atoms with Crippen LogP contribution in [0.2, 0.25) is 0 Å². The SMILES string of the molecule is CCOC(=O)C(CC)Oc1ccc2ccccc2c1. The van der Waals surface area contributed by atoms with Gasteiger partial charge in [0.05, 0.1) is 6.61 Å². The number of carbonyl (C=O) groups is 1. The van der Waals surface area contributed by atoms with E-state index in [1.807, 2.05) is 49.4 Å². The fourth-order valence-electron chi connectivity index (χ4n) is 1.94. The van der Waals surface area contributed by atoms with Gasteiger partial charge in [0.15, 0.2) is 6.10 Å². The Labute approximate surface area is 113 Å². The quantitative estimate of drug-likeness (QED) is 0.769. The first-order valence-electron chi connectivity index (χ1n) is 6.56. The summed E-state index contributed by atoms with van der Waals surface area (Å²) in [7, 11) is 0. The van der Waals surface area contributed by atoms with Gasteiger partial charge in [-0.3, -0.25) is 0 Å². The van der Waals surface area contributed by atoms with Crippen molar-refractivity contribution in [2.45, 2.75) is 26.4 Å².